The van der Waals surface area contributed by atoms with Crippen molar-refractivity contribution in [3.8, 4) is 0 Å². The summed E-state index contributed by atoms with van der Waals surface area (Å²) in [5.74, 6) is 0. The smallest absolute Gasteiger partial charge is 0.0547 e. The van der Waals surface area contributed by atoms with Gasteiger partial charge in [0.05, 0.1) is 5.69 Å². The van der Waals surface area contributed by atoms with E-state index in [0.29, 0.717) is 6.04 Å². The Hall–Kier alpha value is -0.970. The fourth-order valence-corrected chi connectivity index (χ4v) is 2.02. The summed E-state index contributed by atoms with van der Waals surface area (Å²) in [7, 11) is 1.94. The van der Waals surface area contributed by atoms with E-state index < -0.39 is 0 Å². The first-order valence-corrected chi connectivity index (χ1v) is 6.62. The van der Waals surface area contributed by atoms with Crippen LogP contribution in [0.15, 0.2) is 18.2 Å². The van der Waals surface area contributed by atoms with Crippen molar-refractivity contribution in [1.82, 2.24) is 15.2 Å². The number of hydrogen-bond acceptors (Lipinski definition) is 4. The molecule has 1 aromatic heterocycles. The van der Waals surface area contributed by atoms with E-state index in [1.54, 1.807) is 0 Å². The number of aromatic nitrogens is 1. The Balaban J connectivity index is 2.55. The Kier molecular flexibility index (Phi) is 6.86. The lowest BCUT2D eigenvalue weighted by Crippen LogP contribution is -2.39. The Morgan fingerprint density at radius 3 is 2.78 bits per heavy atom. The number of aryl methyl sites for hydroxylation is 1. The first-order chi connectivity index (χ1) is 8.69. The van der Waals surface area contributed by atoms with E-state index in [2.05, 4.69) is 34.3 Å². The molecule has 0 fully saturated rings. The molecule has 0 aliphatic carbocycles. The van der Waals surface area contributed by atoms with Gasteiger partial charge in [0.2, 0.25) is 0 Å². The van der Waals surface area contributed by atoms with Crippen molar-refractivity contribution in [2.45, 2.75) is 32.9 Å². The van der Waals surface area contributed by atoms with E-state index >= 15 is 0 Å². The standard InChI is InChI=1S/C14H25N3O/c1-4-17(10-13(15-3)8-9-18)11-14-7-5-6-12(2)16-14/h5-7,13,15,18H,4,8-11H2,1-3H3. The van der Waals surface area contributed by atoms with E-state index in [1.165, 1.54) is 0 Å². The molecule has 0 aliphatic rings. The molecule has 1 unspecified atom stereocenters. The molecular weight excluding hydrogens is 226 g/mol. The van der Waals surface area contributed by atoms with Gasteiger partial charge < -0.3 is 10.4 Å². The number of nitrogens with zero attached hydrogens (tertiary/aromatic N) is 2. The number of hydrogen-bond donors (Lipinski definition) is 2. The van der Waals surface area contributed by atoms with Gasteiger partial charge in [0, 0.05) is 31.4 Å². The second kappa shape index (κ2) is 8.19. The third kappa shape index (κ3) is 5.12. The molecule has 1 aromatic rings. The zero-order chi connectivity index (χ0) is 13.4. The van der Waals surface area contributed by atoms with Crippen LogP contribution >= 0.6 is 0 Å². The van der Waals surface area contributed by atoms with Gasteiger partial charge in [-0.25, -0.2) is 0 Å². The second-order valence-corrected chi connectivity index (χ2v) is 4.60. The summed E-state index contributed by atoms with van der Waals surface area (Å²) in [6.07, 6.45) is 0.786. The van der Waals surface area contributed by atoms with Gasteiger partial charge in [-0.3, -0.25) is 9.88 Å². The predicted molar refractivity (Wildman–Crippen MR) is 74.5 cm³/mol. The first-order valence-electron chi connectivity index (χ1n) is 6.62. The van der Waals surface area contributed by atoms with Gasteiger partial charge in [-0.15, -0.1) is 0 Å². The van der Waals surface area contributed by atoms with Gasteiger partial charge in [-0.2, -0.15) is 0 Å². The van der Waals surface area contributed by atoms with Gasteiger partial charge in [0.1, 0.15) is 0 Å². The van der Waals surface area contributed by atoms with Crippen molar-refractivity contribution in [3.05, 3.63) is 29.6 Å². The molecule has 1 heterocycles. The summed E-state index contributed by atoms with van der Waals surface area (Å²) in [6, 6.07) is 6.46. The van der Waals surface area contributed by atoms with Crippen LogP contribution < -0.4 is 5.32 Å². The van der Waals surface area contributed by atoms with Crippen molar-refractivity contribution in [2.75, 3.05) is 26.7 Å². The Labute approximate surface area is 110 Å². The summed E-state index contributed by atoms with van der Waals surface area (Å²) in [6.45, 7) is 7.18. The maximum absolute atomic E-state index is 9.01. The van der Waals surface area contributed by atoms with Crippen molar-refractivity contribution in [1.29, 1.82) is 0 Å². The zero-order valence-corrected chi connectivity index (χ0v) is 11.7. The number of pyridine rings is 1. The maximum Gasteiger partial charge on any atom is 0.0547 e. The van der Waals surface area contributed by atoms with E-state index in [9.17, 15) is 0 Å². The van der Waals surface area contributed by atoms with E-state index in [1.807, 2.05) is 20.0 Å². The highest BCUT2D eigenvalue weighted by Gasteiger charge is 2.11. The molecule has 0 bridgehead atoms. The number of aliphatic hydroxyl groups is 1. The molecule has 18 heavy (non-hydrogen) atoms. The van der Waals surface area contributed by atoms with Gasteiger partial charge in [0.25, 0.3) is 0 Å². The fourth-order valence-electron chi connectivity index (χ4n) is 2.02. The topological polar surface area (TPSA) is 48.4 Å². The van der Waals surface area contributed by atoms with Gasteiger partial charge in [-0.05, 0) is 39.1 Å². The molecule has 0 spiro atoms. The van der Waals surface area contributed by atoms with Gasteiger partial charge >= 0.3 is 0 Å². The minimum atomic E-state index is 0.228. The zero-order valence-electron chi connectivity index (χ0n) is 11.7. The van der Waals surface area contributed by atoms with Crippen molar-refractivity contribution in [2.24, 2.45) is 0 Å². The summed E-state index contributed by atoms with van der Waals surface area (Å²) >= 11 is 0. The lowest BCUT2D eigenvalue weighted by atomic mass is 10.2. The molecule has 0 aromatic carbocycles. The molecular formula is C14H25N3O. The normalized spacial score (nSPS) is 12.9. The highest BCUT2D eigenvalue weighted by atomic mass is 16.3. The summed E-state index contributed by atoms with van der Waals surface area (Å²) < 4.78 is 0. The second-order valence-electron chi connectivity index (χ2n) is 4.60. The van der Waals surface area contributed by atoms with Crippen LogP contribution in [-0.4, -0.2) is 47.8 Å². The molecule has 0 saturated heterocycles. The minimum absolute atomic E-state index is 0.228. The quantitative estimate of drug-likeness (QED) is 0.728. The summed E-state index contributed by atoms with van der Waals surface area (Å²) in [5, 5.41) is 12.3. The van der Waals surface area contributed by atoms with Crippen LogP contribution in [0.5, 0.6) is 0 Å². The molecule has 102 valence electrons. The predicted octanol–water partition coefficient (Wildman–Crippen LogP) is 1.18. The van der Waals surface area contributed by atoms with Crippen LogP contribution in [0, 0.1) is 6.92 Å². The molecule has 0 saturated carbocycles. The number of nitrogens with one attached hydrogen (secondary N) is 1. The molecule has 0 aliphatic heterocycles. The van der Waals surface area contributed by atoms with Crippen LogP contribution in [-0.2, 0) is 6.54 Å². The summed E-state index contributed by atoms with van der Waals surface area (Å²) in [4.78, 5) is 6.87. The third-order valence-electron chi connectivity index (χ3n) is 3.14. The average Bonchev–Trinajstić information content (AvgIpc) is 2.37. The Morgan fingerprint density at radius 1 is 1.44 bits per heavy atom. The van der Waals surface area contributed by atoms with Crippen LogP contribution in [0.4, 0.5) is 0 Å². The van der Waals surface area contributed by atoms with Gasteiger partial charge in [-0.1, -0.05) is 13.0 Å². The van der Waals surface area contributed by atoms with E-state index in [0.717, 1.165) is 37.4 Å². The largest absolute Gasteiger partial charge is 0.396 e. The maximum atomic E-state index is 9.01. The van der Waals surface area contributed by atoms with Gasteiger partial charge in [0.15, 0.2) is 0 Å². The summed E-state index contributed by atoms with van der Waals surface area (Å²) in [5.41, 5.74) is 2.17. The van der Waals surface area contributed by atoms with Crippen molar-refractivity contribution < 1.29 is 5.11 Å². The molecule has 0 radical (unpaired) electrons. The van der Waals surface area contributed by atoms with Crippen molar-refractivity contribution >= 4 is 0 Å². The number of aliphatic hydroxyl groups excluding tert-OH is 1. The van der Waals surface area contributed by atoms with Crippen LogP contribution in [0.1, 0.15) is 24.7 Å². The fraction of sp³-hybridized carbons (Fsp3) is 0.643. The lowest BCUT2D eigenvalue weighted by molar-refractivity contribution is 0.211. The first kappa shape index (κ1) is 15.1. The Bertz CT molecular complexity index is 344. The highest BCUT2D eigenvalue weighted by Crippen LogP contribution is 2.05. The molecule has 4 nitrogen and oxygen atoms in total. The molecule has 0 amide bonds. The van der Waals surface area contributed by atoms with E-state index in [4.69, 9.17) is 5.11 Å². The van der Waals surface area contributed by atoms with E-state index in [-0.39, 0.29) is 6.61 Å². The van der Waals surface area contributed by atoms with Crippen LogP contribution in [0.3, 0.4) is 0 Å². The van der Waals surface area contributed by atoms with Crippen molar-refractivity contribution in [3.63, 3.8) is 0 Å². The molecule has 4 heteroatoms. The monoisotopic (exact) mass is 251 g/mol. The lowest BCUT2D eigenvalue weighted by Gasteiger charge is -2.25. The number of rotatable bonds is 8. The minimum Gasteiger partial charge on any atom is -0.396 e. The SMILES string of the molecule is CCN(Cc1cccc(C)n1)CC(CCO)NC. The number of likely N-dealkylation sites (N-methyl/N-ethyl adjacent to an activating group) is 2. The Morgan fingerprint density at radius 2 is 2.22 bits per heavy atom. The highest BCUT2D eigenvalue weighted by molar-refractivity contribution is 5.09. The van der Waals surface area contributed by atoms with Crippen LogP contribution in [0.2, 0.25) is 0 Å². The molecule has 1 atom stereocenters. The average molecular weight is 251 g/mol. The molecule has 2 N–H and O–H groups in total. The molecule has 1 rings (SSSR count). The third-order valence-corrected chi connectivity index (χ3v) is 3.14. The van der Waals surface area contributed by atoms with Crippen LogP contribution in [0.25, 0.3) is 0 Å².